The second-order valence-corrected chi connectivity index (χ2v) is 7.04. The van der Waals surface area contributed by atoms with Crippen molar-refractivity contribution >= 4 is 50.9 Å². The number of hydrogen-bond donors (Lipinski definition) is 2. The number of thioether (sulfide) groups is 1. The van der Waals surface area contributed by atoms with Crippen LogP contribution in [0.1, 0.15) is 19.0 Å². The summed E-state index contributed by atoms with van der Waals surface area (Å²) >= 11 is 10.5. The van der Waals surface area contributed by atoms with Gasteiger partial charge in [0.2, 0.25) is 5.91 Å². The summed E-state index contributed by atoms with van der Waals surface area (Å²) in [6.45, 7) is 2.02. The van der Waals surface area contributed by atoms with Crippen molar-refractivity contribution in [1.29, 1.82) is 0 Å². The van der Waals surface area contributed by atoms with Crippen LogP contribution in [0.3, 0.4) is 0 Å². The van der Waals surface area contributed by atoms with Crippen molar-refractivity contribution in [3.8, 4) is 0 Å². The smallest absolute Gasteiger partial charge is 0.251 e. The maximum absolute atomic E-state index is 12.0. The highest BCUT2D eigenvalue weighted by Crippen LogP contribution is 2.26. The lowest BCUT2D eigenvalue weighted by atomic mass is 10.2. The predicted molar refractivity (Wildman–Crippen MR) is 97.4 cm³/mol. The molecular weight excluding hydrogens is 402 g/mol. The molecule has 2 N–H and O–H groups in total. The Morgan fingerprint density at radius 2 is 2.22 bits per heavy atom. The van der Waals surface area contributed by atoms with Crippen LogP contribution in [0.15, 0.2) is 38.7 Å². The van der Waals surface area contributed by atoms with E-state index in [2.05, 4.69) is 31.2 Å². The summed E-state index contributed by atoms with van der Waals surface area (Å²) in [4.78, 5) is 30.5. The highest BCUT2D eigenvalue weighted by Gasteiger charge is 2.09. The molecular formula is C15H15BrClN3O2S. The Morgan fingerprint density at radius 3 is 2.91 bits per heavy atom. The van der Waals surface area contributed by atoms with Crippen molar-refractivity contribution in [2.24, 2.45) is 0 Å². The molecule has 1 amide bonds. The summed E-state index contributed by atoms with van der Waals surface area (Å²) < 4.78 is 0.837. The third kappa shape index (κ3) is 5.67. The first-order chi connectivity index (χ1) is 11.0. The molecule has 1 heterocycles. The summed E-state index contributed by atoms with van der Waals surface area (Å²) in [6, 6.07) is 6.70. The lowest BCUT2D eigenvalue weighted by molar-refractivity contribution is -0.113. The van der Waals surface area contributed by atoms with Gasteiger partial charge in [0.05, 0.1) is 16.5 Å². The average molecular weight is 417 g/mol. The zero-order chi connectivity index (χ0) is 16.8. The molecule has 1 aromatic heterocycles. The number of aromatic nitrogens is 2. The minimum absolute atomic E-state index is 0.130. The Balaban J connectivity index is 1.97. The van der Waals surface area contributed by atoms with Crippen molar-refractivity contribution in [3.63, 3.8) is 0 Å². The van der Waals surface area contributed by atoms with Crippen LogP contribution in [0.5, 0.6) is 0 Å². The average Bonchev–Trinajstić information content (AvgIpc) is 2.48. The molecule has 0 aliphatic rings. The fourth-order valence-electron chi connectivity index (χ4n) is 1.85. The van der Waals surface area contributed by atoms with Crippen molar-refractivity contribution < 1.29 is 4.79 Å². The summed E-state index contributed by atoms with van der Waals surface area (Å²) in [5.74, 6) is -0.0898. The number of aryl methyl sites for hydroxylation is 1. The highest BCUT2D eigenvalue weighted by atomic mass is 79.9. The molecule has 2 aromatic rings. The number of H-pyrrole nitrogens is 1. The van der Waals surface area contributed by atoms with Crippen LogP contribution in [0.25, 0.3) is 0 Å². The van der Waals surface area contributed by atoms with Gasteiger partial charge >= 0.3 is 0 Å². The SMILES string of the molecule is CCCc1cc(=O)[nH]c(SCC(=O)Nc2ccc(Br)cc2Cl)n1. The van der Waals surface area contributed by atoms with Crippen LogP contribution in [-0.4, -0.2) is 21.6 Å². The molecule has 0 radical (unpaired) electrons. The molecule has 8 heteroatoms. The van der Waals surface area contributed by atoms with Crippen LogP contribution in [0.2, 0.25) is 5.02 Å². The summed E-state index contributed by atoms with van der Waals surface area (Å²) in [7, 11) is 0. The molecule has 0 saturated heterocycles. The second-order valence-electron chi connectivity index (χ2n) is 4.75. The minimum atomic E-state index is -0.220. The largest absolute Gasteiger partial charge is 0.324 e. The van der Waals surface area contributed by atoms with Crippen LogP contribution >= 0.6 is 39.3 Å². The van der Waals surface area contributed by atoms with E-state index < -0.39 is 0 Å². The number of nitrogens with one attached hydrogen (secondary N) is 2. The first-order valence-corrected chi connectivity index (χ1v) is 9.11. The number of nitrogens with zero attached hydrogens (tertiary/aromatic N) is 1. The Morgan fingerprint density at radius 1 is 1.43 bits per heavy atom. The number of halogens is 2. The first kappa shape index (κ1) is 18.0. The minimum Gasteiger partial charge on any atom is -0.324 e. The lowest BCUT2D eigenvalue weighted by Gasteiger charge is -2.07. The molecule has 0 aliphatic carbocycles. The number of amides is 1. The topological polar surface area (TPSA) is 74.8 Å². The number of rotatable bonds is 6. The number of carbonyl (C=O) groups is 1. The van der Waals surface area contributed by atoms with Gasteiger partial charge in [0, 0.05) is 16.2 Å². The Kier molecular flexibility index (Phi) is 6.68. The van der Waals surface area contributed by atoms with E-state index in [1.807, 2.05) is 6.92 Å². The lowest BCUT2D eigenvalue weighted by Crippen LogP contribution is -2.16. The monoisotopic (exact) mass is 415 g/mol. The molecule has 0 saturated carbocycles. The number of aromatic amines is 1. The Labute approximate surface area is 151 Å². The molecule has 0 aliphatic heterocycles. The molecule has 1 aromatic carbocycles. The van der Waals surface area contributed by atoms with E-state index >= 15 is 0 Å². The van der Waals surface area contributed by atoms with E-state index in [9.17, 15) is 9.59 Å². The van der Waals surface area contributed by atoms with Gasteiger partial charge in [-0.05, 0) is 24.6 Å². The Bertz CT molecular complexity index is 767. The first-order valence-electron chi connectivity index (χ1n) is 6.96. The van der Waals surface area contributed by atoms with Crippen LogP contribution in [0.4, 0.5) is 5.69 Å². The van der Waals surface area contributed by atoms with Gasteiger partial charge in [0.15, 0.2) is 5.16 Å². The van der Waals surface area contributed by atoms with Gasteiger partial charge in [-0.1, -0.05) is 52.6 Å². The van der Waals surface area contributed by atoms with Gasteiger partial charge in [-0.25, -0.2) is 4.98 Å². The van der Waals surface area contributed by atoms with Gasteiger partial charge < -0.3 is 10.3 Å². The maximum Gasteiger partial charge on any atom is 0.251 e. The number of benzene rings is 1. The highest BCUT2D eigenvalue weighted by molar-refractivity contribution is 9.10. The molecule has 0 spiro atoms. The van der Waals surface area contributed by atoms with Gasteiger partial charge in [-0.3, -0.25) is 9.59 Å². The van der Waals surface area contributed by atoms with Crippen molar-refractivity contribution in [3.05, 3.63) is 49.8 Å². The van der Waals surface area contributed by atoms with Crippen molar-refractivity contribution in [2.45, 2.75) is 24.9 Å². The van der Waals surface area contributed by atoms with E-state index in [4.69, 9.17) is 11.6 Å². The van der Waals surface area contributed by atoms with E-state index in [0.717, 1.165) is 23.0 Å². The molecule has 0 bridgehead atoms. The molecule has 0 atom stereocenters. The number of carbonyl (C=O) groups excluding carboxylic acids is 1. The van der Waals surface area contributed by atoms with E-state index in [1.54, 1.807) is 18.2 Å². The van der Waals surface area contributed by atoms with Crippen LogP contribution in [-0.2, 0) is 11.2 Å². The fourth-order valence-corrected chi connectivity index (χ4v) is 3.26. The van der Waals surface area contributed by atoms with E-state index in [-0.39, 0.29) is 17.2 Å². The number of anilines is 1. The number of hydrogen-bond acceptors (Lipinski definition) is 4. The fraction of sp³-hybridized carbons (Fsp3) is 0.267. The molecule has 0 unspecified atom stereocenters. The summed E-state index contributed by atoms with van der Waals surface area (Å²) in [5, 5.41) is 3.63. The predicted octanol–water partition coefficient (Wildman–Crippen LogP) is 3.87. The van der Waals surface area contributed by atoms with Crippen molar-refractivity contribution in [1.82, 2.24) is 9.97 Å². The van der Waals surface area contributed by atoms with Crippen LogP contribution in [0, 0.1) is 0 Å². The third-order valence-electron chi connectivity index (χ3n) is 2.82. The normalized spacial score (nSPS) is 10.6. The Hall–Kier alpha value is -1.31. The van der Waals surface area contributed by atoms with Gasteiger partial charge in [-0.15, -0.1) is 0 Å². The van der Waals surface area contributed by atoms with Gasteiger partial charge in [0.25, 0.3) is 5.56 Å². The second kappa shape index (κ2) is 8.52. The molecule has 5 nitrogen and oxygen atoms in total. The zero-order valence-corrected chi connectivity index (χ0v) is 15.5. The van der Waals surface area contributed by atoms with Crippen molar-refractivity contribution in [2.75, 3.05) is 11.1 Å². The summed E-state index contributed by atoms with van der Waals surface area (Å²) in [5.41, 5.74) is 1.07. The molecule has 23 heavy (non-hydrogen) atoms. The van der Waals surface area contributed by atoms with Gasteiger partial charge in [-0.2, -0.15) is 0 Å². The maximum atomic E-state index is 12.0. The third-order valence-corrected chi connectivity index (χ3v) is 4.50. The van der Waals surface area contributed by atoms with E-state index in [0.29, 0.717) is 15.9 Å². The van der Waals surface area contributed by atoms with Crippen LogP contribution < -0.4 is 10.9 Å². The quantitative estimate of drug-likeness (QED) is 0.554. The molecule has 2 rings (SSSR count). The molecule has 122 valence electrons. The summed E-state index contributed by atoms with van der Waals surface area (Å²) in [6.07, 6.45) is 1.64. The standard InChI is InChI=1S/C15H15BrClN3O2S/c1-2-3-10-7-13(21)20-15(18-10)23-8-14(22)19-12-5-4-9(16)6-11(12)17/h4-7H,2-3,8H2,1H3,(H,19,22)(H,18,20,21). The zero-order valence-electron chi connectivity index (χ0n) is 12.4. The van der Waals surface area contributed by atoms with E-state index in [1.165, 1.54) is 17.8 Å². The van der Waals surface area contributed by atoms with Gasteiger partial charge in [0.1, 0.15) is 0 Å². The molecule has 0 fully saturated rings.